The maximum atomic E-state index is 13.1. The molecule has 0 heterocycles. The first-order valence-electron chi connectivity index (χ1n) is 6.49. The molecule has 2 rings (SSSR count). The summed E-state index contributed by atoms with van der Waals surface area (Å²) in [6.07, 6.45) is 0.302. The van der Waals surface area contributed by atoms with Crippen LogP contribution in [0, 0.1) is 12.8 Å². The molecule has 1 aliphatic carbocycles. The van der Waals surface area contributed by atoms with Gasteiger partial charge in [-0.1, -0.05) is 6.07 Å². The molecule has 0 spiro atoms. The minimum absolute atomic E-state index is 0.0611. The van der Waals surface area contributed by atoms with Crippen molar-refractivity contribution in [3.63, 3.8) is 0 Å². The van der Waals surface area contributed by atoms with Crippen LogP contribution in [0.25, 0.3) is 0 Å². The van der Waals surface area contributed by atoms with Crippen molar-refractivity contribution < 1.29 is 18.3 Å². The average Bonchev–Trinajstić information content (AvgIpc) is 2.66. The van der Waals surface area contributed by atoms with Crippen molar-refractivity contribution in [3.8, 4) is 5.75 Å². The fraction of sp³-hybridized carbons (Fsp3) is 0.533. The fourth-order valence-corrected chi connectivity index (χ4v) is 2.43. The molecule has 0 radical (unpaired) electrons. The first-order valence-corrected chi connectivity index (χ1v) is 6.49. The second-order valence-electron chi connectivity index (χ2n) is 5.33. The van der Waals surface area contributed by atoms with Crippen molar-refractivity contribution >= 4 is 5.78 Å². The van der Waals surface area contributed by atoms with Crippen LogP contribution in [0.4, 0.5) is 8.78 Å². The van der Waals surface area contributed by atoms with Crippen LogP contribution in [-0.2, 0) is 0 Å². The smallest absolute Gasteiger partial charge is 0.248 e. The SMILES string of the molecule is CC(=O)c1ccc(C)cc1OCC1CCC(F)(F)C1. The maximum Gasteiger partial charge on any atom is 0.248 e. The zero-order chi connectivity index (χ0) is 14.0. The molecule has 0 bridgehead atoms. The Kier molecular flexibility index (Phi) is 3.88. The Labute approximate surface area is 111 Å². The predicted molar refractivity (Wildman–Crippen MR) is 69.0 cm³/mol. The molecule has 0 aromatic heterocycles. The molecule has 1 unspecified atom stereocenters. The number of benzene rings is 1. The van der Waals surface area contributed by atoms with Crippen molar-refractivity contribution in [1.29, 1.82) is 0 Å². The van der Waals surface area contributed by atoms with E-state index in [0.717, 1.165) is 5.56 Å². The monoisotopic (exact) mass is 268 g/mol. The highest BCUT2D eigenvalue weighted by molar-refractivity contribution is 5.96. The Balaban J connectivity index is 2.03. The summed E-state index contributed by atoms with van der Waals surface area (Å²) in [6, 6.07) is 5.34. The predicted octanol–water partition coefficient (Wildman–Crippen LogP) is 4.01. The quantitative estimate of drug-likeness (QED) is 0.771. The maximum absolute atomic E-state index is 13.1. The lowest BCUT2D eigenvalue weighted by molar-refractivity contribution is 0.00288. The van der Waals surface area contributed by atoms with Crippen molar-refractivity contribution in [1.82, 2.24) is 0 Å². The number of ketones is 1. The number of carbonyl (C=O) groups is 1. The number of aryl methyl sites for hydroxylation is 1. The van der Waals surface area contributed by atoms with Gasteiger partial charge in [0, 0.05) is 12.8 Å². The highest BCUT2D eigenvalue weighted by atomic mass is 19.3. The Morgan fingerprint density at radius 1 is 1.47 bits per heavy atom. The molecule has 104 valence electrons. The molecule has 0 aliphatic heterocycles. The molecule has 1 aliphatic rings. The van der Waals surface area contributed by atoms with E-state index in [1.165, 1.54) is 6.92 Å². The Bertz CT molecular complexity index is 483. The topological polar surface area (TPSA) is 26.3 Å². The molecule has 4 heteroatoms. The molecule has 0 amide bonds. The number of hydrogen-bond donors (Lipinski definition) is 0. The van der Waals surface area contributed by atoms with Gasteiger partial charge in [0.2, 0.25) is 5.92 Å². The first kappa shape index (κ1) is 14.0. The molecule has 1 aromatic carbocycles. The molecule has 0 N–H and O–H groups in total. The lowest BCUT2D eigenvalue weighted by atomic mass is 10.1. The van der Waals surface area contributed by atoms with Gasteiger partial charge >= 0.3 is 0 Å². The van der Waals surface area contributed by atoms with Crippen LogP contribution in [-0.4, -0.2) is 18.3 Å². The summed E-state index contributed by atoms with van der Waals surface area (Å²) in [6.45, 7) is 3.63. The number of alkyl halides is 2. The minimum atomic E-state index is -2.55. The van der Waals surface area contributed by atoms with Crippen LogP contribution in [0.15, 0.2) is 18.2 Å². The van der Waals surface area contributed by atoms with Gasteiger partial charge in [-0.05, 0) is 43.9 Å². The van der Waals surface area contributed by atoms with E-state index in [0.29, 0.717) is 17.7 Å². The van der Waals surface area contributed by atoms with Crippen LogP contribution < -0.4 is 4.74 Å². The normalized spacial score (nSPS) is 21.4. The van der Waals surface area contributed by atoms with Crippen LogP contribution in [0.5, 0.6) is 5.75 Å². The molecule has 1 aromatic rings. The molecule has 2 nitrogen and oxygen atoms in total. The Morgan fingerprint density at radius 2 is 2.21 bits per heavy atom. The number of rotatable bonds is 4. The summed E-state index contributed by atoms with van der Waals surface area (Å²) < 4.78 is 31.8. The zero-order valence-corrected chi connectivity index (χ0v) is 11.2. The van der Waals surface area contributed by atoms with Gasteiger partial charge in [0.15, 0.2) is 5.78 Å². The van der Waals surface area contributed by atoms with Gasteiger partial charge in [0.25, 0.3) is 0 Å². The highest BCUT2D eigenvalue weighted by Gasteiger charge is 2.39. The van der Waals surface area contributed by atoms with Crippen LogP contribution in [0.3, 0.4) is 0 Å². The zero-order valence-electron chi connectivity index (χ0n) is 11.2. The molecule has 19 heavy (non-hydrogen) atoms. The third-order valence-electron chi connectivity index (χ3n) is 3.50. The van der Waals surface area contributed by atoms with E-state index in [1.807, 2.05) is 13.0 Å². The second kappa shape index (κ2) is 5.27. The lowest BCUT2D eigenvalue weighted by Crippen LogP contribution is -2.14. The van der Waals surface area contributed by atoms with Crippen molar-refractivity contribution in [3.05, 3.63) is 29.3 Å². The van der Waals surface area contributed by atoms with E-state index in [2.05, 4.69) is 0 Å². The molecular weight excluding hydrogens is 250 g/mol. The molecule has 1 fully saturated rings. The van der Waals surface area contributed by atoms with E-state index in [-0.39, 0.29) is 31.1 Å². The summed E-state index contributed by atoms with van der Waals surface area (Å²) in [7, 11) is 0. The largest absolute Gasteiger partial charge is 0.493 e. The Morgan fingerprint density at radius 3 is 2.79 bits per heavy atom. The number of hydrogen-bond acceptors (Lipinski definition) is 2. The van der Waals surface area contributed by atoms with Crippen molar-refractivity contribution in [2.45, 2.75) is 39.0 Å². The lowest BCUT2D eigenvalue weighted by Gasteiger charge is -2.14. The van der Waals surface area contributed by atoms with E-state index < -0.39 is 5.92 Å². The summed E-state index contributed by atoms with van der Waals surface area (Å²) in [5, 5.41) is 0. The van der Waals surface area contributed by atoms with Crippen LogP contribution >= 0.6 is 0 Å². The van der Waals surface area contributed by atoms with Gasteiger partial charge in [-0.2, -0.15) is 0 Å². The third-order valence-corrected chi connectivity index (χ3v) is 3.50. The van der Waals surface area contributed by atoms with E-state index in [4.69, 9.17) is 4.74 Å². The highest BCUT2D eigenvalue weighted by Crippen LogP contribution is 2.39. The number of halogens is 2. The average molecular weight is 268 g/mol. The van der Waals surface area contributed by atoms with Crippen LogP contribution in [0.1, 0.15) is 42.1 Å². The second-order valence-corrected chi connectivity index (χ2v) is 5.33. The summed E-state index contributed by atoms with van der Waals surface area (Å²) in [4.78, 5) is 11.5. The van der Waals surface area contributed by atoms with Crippen molar-refractivity contribution in [2.24, 2.45) is 5.92 Å². The summed E-state index contributed by atoms with van der Waals surface area (Å²) in [5.41, 5.74) is 1.49. The van der Waals surface area contributed by atoms with Crippen LogP contribution in [0.2, 0.25) is 0 Å². The van der Waals surface area contributed by atoms with Gasteiger partial charge in [0.05, 0.1) is 12.2 Å². The van der Waals surface area contributed by atoms with E-state index in [9.17, 15) is 13.6 Å². The standard InChI is InChI=1S/C15H18F2O2/c1-10-3-4-13(11(2)18)14(7-10)19-9-12-5-6-15(16,17)8-12/h3-4,7,12H,5-6,8-9H2,1-2H3. The summed E-state index contributed by atoms with van der Waals surface area (Å²) >= 11 is 0. The van der Waals surface area contributed by atoms with Gasteiger partial charge < -0.3 is 4.74 Å². The number of carbonyl (C=O) groups excluding carboxylic acids is 1. The molecular formula is C15H18F2O2. The molecule has 1 atom stereocenters. The molecule has 0 saturated heterocycles. The fourth-order valence-electron chi connectivity index (χ4n) is 2.43. The minimum Gasteiger partial charge on any atom is -0.493 e. The summed E-state index contributed by atoms with van der Waals surface area (Å²) in [5.74, 6) is -2.26. The molecule has 1 saturated carbocycles. The van der Waals surface area contributed by atoms with E-state index in [1.54, 1.807) is 12.1 Å². The first-order chi connectivity index (χ1) is 8.87. The van der Waals surface area contributed by atoms with E-state index >= 15 is 0 Å². The van der Waals surface area contributed by atoms with Gasteiger partial charge in [-0.3, -0.25) is 4.79 Å². The van der Waals surface area contributed by atoms with Crippen molar-refractivity contribution in [2.75, 3.05) is 6.61 Å². The van der Waals surface area contributed by atoms with Gasteiger partial charge in [0.1, 0.15) is 5.75 Å². The third kappa shape index (κ3) is 3.52. The number of ether oxygens (including phenoxy) is 1. The number of Topliss-reactive ketones (excluding diaryl/α,β-unsaturated/α-hetero) is 1. The Hall–Kier alpha value is -1.45. The van der Waals surface area contributed by atoms with Gasteiger partial charge in [-0.15, -0.1) is 0 Å². The van der Waals surface area contributed by atoms with Gasteiger partial charge in [-0.25, -0.2) is 8.78 Å².